The van der Waals surface area contributed by atoms with Crippen LogP contribution in [0, 0.1) is 0 Å². The number of hydrogen-bond donors (Lipinski definition) is 3. The first kappa shape index (κ1) is 15.6. The molecule has 22 heavy (non-hydrogen) atoms. The van der Waals surface area contributed by atoms with E-state index in [0.29, 0.717) is 30.7 Å². The number of nitrogens with zero attached hydrogens (tertiary/aromatic N) is 1. The summed E-state index contributed by atoms with van der Waals surface area (Å²) in [6, 6.07) is 8.48. The number of nitrogens with two attached hydrogens (primary N) is 2. The first-order chi connectivity index (χ1) is 10.6. The van der Waals surface area contributed by atoms with Crippen LogP contribution in [0.25, 0.3) is 11.0 Å². The molecule has 0 fully saturated rings. The molecule has 0 aliphatic heterocycles. The maximum absolute atomic E-state index is 11.9. The average Bonchev–Trinajstić information content (AvgIpc) is 2.46. The number of benzene rings is 1. The van der Waals surface area contributed by atoms with Crippen LogP contribution in [0.2, 0.25) is 0 Å². The summed E-state index contributed by atoms with van der Waals surface area (Å²) in [4.78, 5) is 27.3. The lowest BCUT2D eigenvalue weighted by Crippen LogP contribution is -2.27. The fourth-order valence-corrected chi connectivity index (χ4v) is 2.08. The summed E-state index contributed by atoms with van der Waals surface area (Å²) in [5, 5.41) is 3.53. The summed E-state index contributed by atoms with van der Waals surface area (Å²) in [6.07, 6.45) is 0.760. The van der Waals surface area contributed by atoms with Crippen LogP contribution in [0.3, 0.4) is 0 Å². The van der Waals surface area contributed by atoms with Gasteiger partial charge >= 0.3 is 5.63 Å². The minimum absolute atomic E-state index is 0.0359. The van der Waals surface area contributed by atoms with Gasteiger partial charge in [0.1, 0.15) is 5.58 Å². The van der Waals surface area contributed by atoms with Gasteiger partial charge in [0.25, 0.3) is 0 Å². The summed E-state index contributed by atoms with van der Waals surface area (Å²) in [5.41, 5.74) is 11.1. The summed E-state index contributed by atoms with van der Waals surface area (Å²) in [6.45, 7) is 0.926. The summed E-state index contributed by atoms with van der Waals surface area (Å²) >= 11 is 0. The lowest BCUT2D eigenvalue weighted by atomic mass is 10.1. The predicted molar refractivity (Wildman–Crippen MR) is 84.5 cm³/mol. The van der Waals surface area contributed by atoms with Crippen molar-refractivity contribution in [2.24, 2.45) is 16.5 Å². The van der Waals surface area contributed by atoms with Crippen molar-refractivity contribution in [3.05, 3.63) is 46.3 Å². The van der Waals surface area contributed by atoms with Gasteiger partial charge in [0, 0.05) is 24.5 Å². The third-order valence-corrected chi connectivity index (χ3v) is 3.04. The number of carbonyl (C=O) groups is 1. The molecule has 1 heterocycles. The van der Waals surface area contributed by atoms with Crippen LogP contribution < -0.4 is 22.4 Å². The van der Waals surface area contributed by atoms with Crippen LogP contribution in [0.5, 0.6) is 0 Å². The molecule has 0 saturated heterocycles. The molecule has 7 heteroatoms. The van der Waals surface area contributed by atoms with E-state index < -0.39 is 5.63 Å². The third kappa shape index (κ3) is 4.34. The molecule has 0 bridgehead atoms. The number of nitrogens with one attached hydrogen (secondary N) is 1. The molecule has 1 amide bonds. The molecule has 0 saturated carbocycles. The lowest BCUT2D eigenvalue weighted by Gasteiger charge is -2.06. The number of fused-ring (bicyclic) bond motifs is 1. The number of guanidine groups is 1. The molecule has 5 N–H and O–H groups in total. The molecule has 0 radical (unpaired) electrons. The molecular formula is C15H18N4O3. The highest BCUT2D eigenvalue weighted by Gasteiger charge is 2.09. The number of para-hydroxylation sites is 1. The smallest absolute Gasteiger partial charge is 0.336 e. The fraction of sp³-hybridized carbons (Fsp3) is 0.267. The Kier molecular flexibility index (Phi) is 5.13. The van der Waals surface area contributed by atoms with Crippen LogP contribution in [-0.4, -0.2) is 25.0 Å². The number of amides is 1. The van der Waals surface area contributed by atoms with Crippen molar-refractivity contribution in [2.45, 2.75) is 12.8 Å². The number of hydrogen-bond acceptors (Lipinski definition) is 4. The summed E-state index contributed by atoms with van der Waals surface area (Å²) in [7, 11) is 0. The van der Waals surface area contributed by atoms with Crippen LogP contribution in [-0.2, 0) is 11.2 Å². The third-order valence-electron chi connectivity index (χ3n) is 3.04. The Morgan fingerprint density at radius 3 is 2.82 bits per heavy atom. The summed E-state index contributed by atoms with van der Waals surface area (Å²) in [5.74, 6) is -0.130. The van der Waals surface area contributed by atoms with Gasteiger partial charge in [0.05, 0.1) is 6.42 Å². The molecule has 0 atom stereocenters. The fourth-order valence-electron chi connectivity index (χ4n) is 2.08. The first-order valence-corrected chi connectivity index (χ1v) is 6.90. The van der Waals surface area contributed by atoms with Crippen molar-refractivity contribution in [3.8, 4) is 0 Å². The second-order valence-corrected chi connectivity index (χ2v) is 4.77. The van der Waals surface area contributed by atoms with E-state index in [1.54, 1.807) is 12.1 Å². The molecule has 2 aromatic rings. The SMILES string of the molecule is NC(N)=NCCCNC(=O)Cc1cc(=O)oc2ccccc12. The van der Waals surface area contributed by atoms with Crippen LogP contribution in [0.1, 0.15) is 12.0 Å². The zero-order valence-corrected chi connectivity index (χ0v) is 12.0. The Bertz CT molecular complexity index is 748. The van der Waals surface area contributed by atoms with Gasteiger partial charge in [-0.25, -0.2) is 4.79 Å². The summed E-state index contributed by atoms with van der Waals surface area (Å²) < 4.78 is 5.09. The highest BCUT2D eigenvalue weighted by atomic mass is 16.4. The number of aliphatic imine (C=N–C) groups is 1. The van der Waals surface area contributed by atoms with Gasteiger partial charge in [-0.3, -0.25) is 9.79 Å². The minimum Gasteiger partial charge on any atom is -0.423 e. The molecule has 2 rings (SSSR count). The molecule has 0 aliphatic rings. The Balaban J connectivity index is 1.97. The number of carbonyl (C=O) groups excluding carboxylic acids is 1. The molecule has 1 aromatic carbocycles. The van der Waals surface area contributed by atoms with Gasteiger partial charge in [-0.1, -0.05) is 18.2 Å². The first-order valence-electron chi connectivity index (χ1n) is 6.90. The second kappa shape index (κ2) is 7.26. The predicted octanol–water partition coefficient (Wildman–Crippen LogP) is 0.115. The molecule has 0 spiro atoms. The van der Waals surface area contributed by atoms with E-state index in [2.05, 4.69) is 10.3 Å². The van der Waals surface area contributed by atoms with Gasteiger partial charge < -0.3 is 21.2 Å². The van der Waals surface area contributed by atoms with Crippen molar-refractivity contribution in [1.29, 1.82) is 0 Å². The Morgan fingerprint density at radius 1 is 1.27 bits per heavy atom. The van der Waals surface area contributed by atoms with Crippen molar-refractivity contribution in [1.82, 2.24) is 5.32 Å². The van der Waals surface area contributed by atoms with Crippen LogP contribution in [0.15, 0.2) is 44.5 Å². The number of rotatable bonds is 6. The average molecular weight is 302 g/mol. The zero-order valence-electron chi connectivity index (χ0n) is 12.0. The van der Waals surface area contributed by atoms with E-state index in [1.807, 2.05) is 12.1 Å². The van der Waals surface area contributed by atoms with Gasteiger partial charge in [-0.2, -0.15) is 0 Å². The molecule has 0 aliphatic carbocycles. The van der Waals surface area contributed by atoms with Crippen molar-refractivity contribution < 1.29 is 9.21 Å². The molecule has 1 aromatic heterocycles. The van der Waals surface area contributed by atoms with Crippen LogP contribution in [0.4, 0.5) is 0 Å². The van der Waals surface area contributed by atoms with Crippen molar-refractivity contribution in [3.63, 3.8) is 0 Å². The topological polar surface area (TPSA) is 124 Å². The van der Waals surface area contributed by atoms with Crippen molar-refractivity contribution >= 4 is 22.8 Å². The van der Waals surface area contributed by atoms with E-state index in [0.717, 1.165) is 5.39 Å². The maximum Gasteiger partial charge on any atom is 0.336 e. The zero-order chi connectivity index (χ0) is 15.9. The van der Waals surface area contributed by atoms with E-state index in [1.165, 1.54) is 6.07 Å². The normalized spacial score (nSPS) is 10.4. The standard InChI is InChI=1S/C15H18N4O3/c16-15(17)19-7-3-6-18-13(20)8-10-9-14(21)22-12-5-2-1-4-11(10)12/h1-2,4-5,9H,3,6-8H2,(H,18,20)(H4,16,17,19). The highest BCUT2D eigenvalue weighted by molar-refractivity contribution is 5.87. The van der Waals surface area contributed by atoms with Gasteiger partial charge in [-0.05, 0) is 18.1 Å². The van der Waals surface area contributed by atoms with Gasteiger partial charge in [0.2, 0.25) is 5.91 Å². The van der Waals surface area contributed by atoms with Gasteiger partial charge in [0.15, 0.2) is 5.96 Å². The Morgan fingerprint density at radius 2 is 2.05 bits per heavy atom. The van der Waals surface area contributed by atoms with Crippen LogP contribution >= 0.6 is 0 Å². The van der Waals surface area contributed by atoms with Gasteiger partial charge in [-0.15, -0.1) is 0 Å². The Labute approximate surface area is 127 Å². The minimum atomic E-state index is -0.464. The maximum atomic E-state index is 11.9. The monoisotopic (exact) mass is 302 g/mol. The molecule has 7 nitrogen and oxygen atoms in total. The van der Waals surface area contributed by atoms with E-state index >= 15 is 0 Å². The van der Waals surface area contributed by atoms with E-state index in [-0.39, 0.29) is 18.3 Å². The molecule has 0 unspecified atom stereocenters. The lowest BCUT2D eigenvalue weighted by molar-refractivity contribution is -0.120. The highest BCUT2D eigenvalue weighted by Crippen LogP contribution is 2.16. The molecule has 116 valence electrons. The van der Waals surface area contributed by atoms with E-state index in [9.17, 15) is 9.59 Å². The van der Waals surface area contributed by atoms with Crippen molar-refractivity contribution in [2.75, 3.05) is 13.1 Å². The Hall–Kier alpha value is -2.83. The largest absolute Gasteiger partial charge is 0.423 e. The second-order valence-electron chi connectivity index (χ2n) is 4.77. The molecular weight excluding hydrogens is 284 g/mol. The van der Waals surface area contributed by atoms with E-state index in [4.69, 9.17) is 15.9 Å². The quantitative estimate of drug-likeness (QED) is 0.302.